The summed E-state index contributed by atoms with van der Waals surface area (Å²) in [5, 5.41) is 4.31. The van der Waals surface area contributed by atoms with Gasteiger partial charge in [0.15, 0.2) is 5.82 Å². The fourth-order valence-corrected chi connectivity index (χ4v) is 3.57. The molecule has 0 saturated carbocycles. The molecular formula is C21H17N3OS. The van der Waals surface area contributed by atoms with Gasteiger partial charge in [-0.15, -0.1) is 5.10 Å². The van der Waals surface area contributed by atoms with E-state index < -0.39 is 0 Å². The minimum absolute atomic E-state index is 0.128. The summed E-state index contributed by atoms with van der Waals surface area (Å²) in [7, 11) is 0. The van der Waals surface area contributed by atoms with E-state index >= 15 is 0 Å². The Balaban J connectivity index is 1.66. The molecule has 0 unspecified atom stereocenters. The predicted octanol–water partition coefficient (Wildman–Crippen LogP) is 3.43. The van der Waals surface area contributed by atoms with Crippen LogP contribution in [0.4, 0.5) is 0 Å². The zero-order valence-electron chi connectivity index (χ0n) is 14.3. The third-order valence-corrected chi connectivity index (χ3v) is 5.07. The smallest absolute Gasteiger partial charge is 0.266 e. The maximum Gasteiger partial charge on any atom is 0.291 e. The topological polar surface area (TPSA) is 47.3 Å². The van der Waals surface area contributed by atoms with E-state index in [-0.39, 0.29) is 5.56 Å². The number of aryl methyl sites for hydroxylation is 1. The Kier molecular flexibility index (Phi) is 4.46. The molecule has 128 valence electrons. The van der Waals surface area contributed by atoms with E-state index in [9.17, 15) is 4.79 Å². The molecule has 2 aromatic carbocycles. The van der Waals surface area contributed by atoms with Crippen LogP contribution in [0, 0.1) is 0 Å². The van der Waals surface area contributed by atoms with Gasteiger partial charge in [-0.3, -0.25) is 4.79 Å². The molecule has 0 atom stereocenters. The Morgan fingerprint density at radius 2 is 1.77 bits per heavy atom. The molecule has 0 aliphatic rings. The molecule has 0 N–H and O–H groups in total. The number of fused-ring (bicyclic) bond motifs is 1. The number of aromatic nitrogens is 3. The van der Waals surface area contributed by atoms with E-state index in [1.807, 2.05) is 60.7 Å². The second-order valence-corrected chi connectivity index (χ2v) is 6.93. The fourth-order valence-electron chi connectivity index (χ4n) is 2.66. The van der Waals surface area contributed by atoms with Crippen LogP contribution < -0.4 is 10.1 Å². The zero-order valence-corrected chi connectivity index (χ0v) is 15.1. The van der Waals surface area contributed by atoms with Crippen LogP contribution in [0.1, 0.15) is 29.4 Å². The Bertz CT molecular complexity index is 1170. The molecule has 0 aliphatic heterocycles. The van der Waals surface area contributed by atoms with Crippen LogP contribution in [0.15, 0.2) is 59.4 Å². The van der Waals surface area contributed by atoms with E-state index in [1.165, 1.54) is 21.4 Å². The van der Waals surface area contributed by atoms with Crippen molar-refractivity contribution in [2.75, 3.05) is 0 Å². The molecule has 2 aromatic heterocycles. The van der Waals surface area contributed by atoms with E-state index in [4.69, 9.17) is 0 Å². The van der Waals surface area contributed by atoms with Gasteiger partial charge in [-0.05, 0) is 35.3 Å². The van der Waals surface area contributed by atoms with Crippen molar-refractivity contribution in [3.8, 4) is 0 Å². The van der Waals surface area contributed by atoms with Crippen molar-refractivity contribution in [1.29, 1.82) is 0 Å². The zero-order chi connectivity index (χ0) is 17.9. The highest BCUT2D eigenvalue weighted by molar-refractivity contribution is 7.15. The van der Waals surface area contributed by atoms with Gasteiger partial charge in [-0.2, -0.15) is 9.50 Å². The van der Waals surface area contributed by atoms with Crippen LogP contribution in [0.5, 0.6) is 0 Å². The summed E-state index contributed by atoms with van der Waals surface area (Å²) in [6.45, 7) is 2.12. The number of hydrogen-bond acceptors (Lipinski definition) is 4. The van der Waals surface area contributed by atoms with Gasteiger partial charge in [0.2, 0.25) is 4.96 Å². The van der Waals surface area contributed by atoms with Crippen molar-refractivity contribution < 1.29 is 0 Å². The summed E-state index contributed by atoms with van der Waals surface area (Å²) in [4.78, 5) is 17.6. The average Bonchev–Trinajstić information content (AvgIpc) is 3.21. The van der Waals surface area contributed by atoms with Crippen LogP contribution in [-0.4, -0.2) is 14.6 Å². The number of nitrogens with zero attached hydrogens (tertiary/aromatic N) is 3. The number of thiazole rings is 1. The van der Waals surface area contributed by atoms with Crippen molar-refractivity contribution in [1.82, 2.24) is 14.6 Å². The number of rotatable bonds is 4. The SMILES string of the molecule is CCc1ccc(C=c2sc3nc(C=Cc4ccccc4)nn3c2=O)cc1. The average molecular weight is 359 g/mol. The Morgan fingerprint density at radius 1 is 1.00 bits per heavy atom. The van der Waals surface area contributed by atoms with Gasteiger partial charge in [-0.1, -0.05) is 78.9 Å². The lowest BCUT2D eigenvalue weighted by Crippen LogP contribution is -2.23. The minimum Gasteiger partial charge on any atom is -0.266 e. The molecule has 0 aliphatic carbocycles. The molecule has 4 nitrogen and oxygen atoms in total. The van der Waals surface area contributed by atoms with E-state index in [0.717, 1.165) is 17.5 Å². The van der Waals surface area contributed by atoms with Crippen molar-refractivity contribution >= 4 is 34.5 Å². The number of benzene rings is 2. The van der Waals surface area contributed by atoms with Crippen LogP contribution >= 0.6 is 11.3 Å². The standard InChI is InChI=1S/C21H17N3OS/c1-2-15-8-10-17(11-9-15)14-18-20(25)24-21(26-18)22-19(23-24)13-12-16-6-4-3-5-7-16/h3-14H,2H2,1H3. The first-order valence-corrected chi connectivity index (χ1v) is 9.28. The highest BCUT2D eigenvalue weighted by Gasteiger charge is 2.08. The molecule has 4 rings (SSSR count). The highest BCUT2D eigenvalue weighted by Crippen LogP contribution is 2.09. The molecular weight excluding hydrogens is 342 g/mol. The monoisotopic (exact) mass is 359 g/mol. The third kappa shape index (κ3) is 3.34. The molecule has 0 radical (unpaired) electrons. The Morgan fingerprint density at radius 3 is 2.46 bits per heavy atom. The van der Waals surface area contributed by atoms with Crippen molar-refractivity contribution in [2.24, 2.45) is 0 Å². The Hall–Kier alpha value is -3.05. The van der Waals surface area contributed by atoms with E-state index in [0.29, 0.717) is 15.3 Å². The van der Waals surface area contributed by atoms with Crippen LogP contribution in [0.3, 0.4) is 0 Å². The van der Waals surface area contributed by atoms with Crippen molar-refractivity contribution in [3.05, 3.63) is 92.0 Å². The first kappa shape index (κ1) is 16.4. The molecule has 0 bridgehead atoms. The first-order valence-electron chi connectivity index (χ1n) is 8.46. The lowest BCUT2D eigenvalue weighted by molar-refractivity contribution is 0.925. The van der Waals surface area contributed by atoms with E-state index in [1.54, 1.807) is 0 Å². The van der Waals surface area contributed by atoms with Gasteiger partial charge in [0.05, 0.1) is 4.53 Å². The highest BCUT2D eigenvalue weighted by atomic mass is 32.1. The summed E-state index contributed by atoms with van der Waals surface area (Å²) >= 11 is 1.36. The molecule has 0 saturated heterocycles. The maximum atomic E-state index is 12.6. The molecule has 5 heteroatoms. The second-order valence-electron chi connectivity index (χ2n) is 5.92. The normalized spacial score (nSPS) is 12.4. The number of hydrogen-bond donors (Lipinski definition) is 0. The largest absolute Gasteiger partial charge is 0.291 e. The summed E-state index contributed by atoms with van der Waals surface area (Å²) < 4.78 is 2.02. The first-order chi connectivity index (χ1) is 12.7. The van der Waals surface area contributed by atoms with E-state index in [2.05, 4.69) is 29.1 Å². The molecule has 0 amide bonds. The predicted molar refractivity (Wildman–Crippen MR) is 107 cm³/mol. The fraction of sp³-hybridized carbons (Fsp3) is 0.0952. The summed E-state index contributed by atoms with van der Waals surface area (Å²) in [5.41, 5.74) is 3.23. The van der Waals surface area contributed by atoms with Gasteiger partial charge in [0, 0.05) is 0 Å². The lowest BCUT2D eigenvalue weighted by atomic mass is 10.1. The molecule has 0 fully saturated rings. The van der Waals surface area contributed by atoms with Crippen molar-refractivity contribution in [3.63, 3.8) is 0 Å². The van der Waals surface area contributed by atoms with Gasteiger partial charge in [0.25, 0.3) is 5.56 Å². The minimum atomic E-state index is -0.128. The molecule has 0 spiro atoms. The molecule has 4 aromatic rings. The van der Waals surface area contributed by atoms with Crippen molar-refractivity contribution in [2.45, 2.75) is 13.3 Å². The maximum absolute atomic E-state index is 12.6. The second kappa shape index (κ2) is 7.06. The summed E-state index contributed by atoms with van der Waals surface area (Å²) in [6.07, 6.45) is 6.65. The Labute approximate surface area is 154 Å². The molecule has 2 heterocycles. The lowest BCUT2D eigenvalue weighted by Gasteiger charge is -1.96. The van der Waals surface area contributed by atoms with Gasteiger partial charge >= 0.3 is 0 Å². The van der Waals surface area contributed by atoms with Crippen LogP contribution in [0.2, 0.25) is 0 Å². The van der Waals surface area contributed by atoms with Gasteiger partial charge < -0.3 is 0 Å². The van der Waals surface area contributed by atoms with Crippen LogP contribution in [-0.2, 0) is 6.42 Å². The molecule has 26 heavy (non-hydrogen) atoms. The van der Waals surface area contributed by atoms with Gasteiger partial charge in [0.1, 0.15) is 0 Å². The van der Waals surface area contributed by atoms with Gasteiger partial charge in [-0.25, -0.2) is 0 Å². The summed E-state index contributed by atoms with van der Waals surface area (Å²) in [6, 6.07) is 18.2. The summed E-state index contributed by atoms with van der Waals surface area (Å²) in [5.74, 6) is 0.538. The third-order valence-electron chi connectivity index (χ3n) is 4.11. The quantitative estimate of drug-likeness (QED) is 0.561. The van der Waals surface area contributed by atoms with Crippen LogP contribution in [0.25, 0.3) is 23.2 Å².